The minimum atomic E-state index is -0.341. The highest BCUT2D eigenvalue weighted by atomic mass is 16.5. The van der Waals surface area contributed by atoms with Gasteiger partial charge in [-0.05, 0) is 59.2 Å². The van der Waals surface area contributed by atoms with Crippen LogP contribution in [0.2, 0.25) is 0 Å². The van der Waals surface area contributed by atoms with Crippen molar-refractivity contribution in [3.8, 4) is 5.75 Å². The second-order valence-electron chi connectivity index (χ2n) is 8.66. The highest BCUT2D eigenvalue weighted by molar-refractivity contribution is 5.96. The van der Waals surface area contributed by atoms with Crippen molar-refractivity contribution in [1.82, 2.24) is 15.0 Å². The summed E-state index contributed by atoms with van der Waals surface area (Å²) in [4.78, 5) is 17.8. The number of para-hydroxylation sites is 1. The van der Waals surface area contributed by atoms with Crippen LogP contribution in [0.15, 0.2) is 28.8 Å². The van der Waals surface area contributed by atoms with Crippen molar-refractivity contribution in [3.05, 3.63) is 46.8 Å². The average molecular weight is 398 g/mol. The van der Waals surface area contributed by atoms with Gasteiger partial charge in [0, 0.05) is 18.2 Å². The van der Waals surface area contributed by atoms with E-state index in [1.54, 1.807) is 0 Å². The Bertz CT molecular complexity index is 881. The van der Waals surface area contributed by atoms with Crippen LogP contribution in [-0.4, -0.2) is 53.1 Å². The van der Waals surface area contributed by atoms with Crippen molar-refractivity contribution < 1.29 is 14.1 Å². The first-order valence-electron chi connectivity index (χ1n) is 10.6. The van der Waals surface area contributed by atoms with E-state index in [0.717, 1.165) is 42.7 Å². The van der Waals surface area contributed by atoms with Crippen LogP contribution in [0.1, 0.15) is 60.0 Å². The molecule has 2 heterocycles. The third-order valence-electron chi connectivity index (χ3n) is 6.51. The third kappa shape index (κ3) is 3.78. The normalized spacial score (nSPS) is 24.3. The third-order valence-corrected chi connectivity index (χ3v) is 6.51. The van der Waals surface area contributed by atoms with Crippen LogP contribution in [0.4, 0.5) is 0 Å². The Kier molecular flexibility index (Phi) is 5.38. The molecule has 0 atom stereocenters. The van der Waals surface area contributed by atoms with Crippen molar-refractivity contribution in [2.45, 2.75) is 64.1 Å². The molecule has 1 aliphatic heterocycles. The van der Waals surface area contributed by atoms with Crippen LogP contribution in [-0.2, 0) is 13.0 Å². The second-order valence-corrected chi connectivity index (χ2v) is 8.66. The minimum Gasteiger partial charge on any atom is -0.485 e. The summed E-state index contributed by atoms with van der Waals surface area (Å²) in [5, 5.41) is 4.09. The molecular formula is C23H31N3O3. The first-order valence-corrected chi connectivity index (χ1v) is 10.6. The van der Waals surface area contributed by atoms with Crippen molar-refractivity contribution in [2.24, 2.45) is 0 Å². The number of aromatic nitrogens is 1. The molecule has 0 radical (unpaired) electrons. The summed E-state index contributed by atoms with van der Waals surface area (Å²) in [5.41, 5.74) is 2.06. The number of rotatable bonds is 3. The first-order chi connectivity index (χ1) is 13.9. The molecule has 1 fully saturated rings. The van der Waals surface area contributed by atoms with Crippen molar-refractivity contribution in [1.29, 1.82) is 0 Å². The van der Waals surface area contributed by atoms with E-state index in [2.05, 4.69) is 30.2 Å². The van der Waals surface area contributed by atoms with Crippen molar-refractivity contribution in [2.75, 3.05) is 20.6 Å². The first kappa shape index (κ1) is 20.0. The van der Waals surface area contributed by atoms with Crippen LogP contribution in [0.3, 0.4) is 0 Å². The standard InChI is InChI=1S/C23H31N3O3/c1-5-19-21(16(2)29-24-19)22(27)26-14-17-8-6-7-9-20(17)28-23(15-26)12-10-18(11-13-23)25(3)4/h6-9,18H,5,10-15H2,1-4H3. The van der Waals surface area contributed by atoms with Crippen LogP contribution in [0, 0.1) is 6.92 Å². The summed E-state index contributed by atoms with van der Waals surface area (Å²) >= 11 is 0. The molecule has 0 bridgehead atoms. The lowest BCUT2D eigenvalue weighted by atomic mass is 9.81. The molecule has 4 rings (SSSR count). The van der Waals surface area contributed by atoms with Gasteiger partial charge in [-0.15, -0.1) is 0 Å². The van der Waals surface area contributed by atoms with Crippen LogP contribution in [0.25, 0.3) is 0 Å². The van der Waals surface area contributed by atoms with E-state index < -0.39 is 0 Å². The molecular weight excluding hydrogens is 366 g/mol. The average Bonchev–Trinajstić information content (AvgIpc) is 3.00. The number of amides is 1. The van der Waals surface area contributed by atoms with Crippen molar-refractivity contribution in [3.63, 3.8) is 0 Å². The van der Waals surface area contributed by atoms with E-state index in [9.17, 15) is 4.79 Å². The fourth-order valence-corrected chi connectivity index (χ4v) is 4.75. The molecule has 1 saturated carbocycles. The van der Waals surface area contributed by atoms with E-state index in [4.69, 9.17) is 9.26 Å². The summed E-state index contributed by atoms with van der Waals surface area (Å²) in [5.74, 6) is 1.49. The summed E-state index contributed by atoms with van der Waals surface area (Å²) in [7, 11) is 4.28. The zero-order valence-corrected chi connectivity index (χ0v) is 17.9. The zero-order chi connectivity index (χ0) is 20.6. The van der Waals surface area contributed by atoms with E-state index in [0.29, 0.717) is 36.9 Å². The number of nitrogens with zero attached hydrogens (tertiary/aromatic N) is 3. The van der Waals surface area contributed by atoms with Gasteiger partial charge in [-0.25, -0.2) is 0 Å². The fraction of sp³-hybridized carbons (Fsp3) is 0.565. The summed E-state index contributed by atoms with van der Waals surface area (Å²) < 4.78 is 12.0. The van der Waals surface area contributed by atoms with E-state index >= 15 is 0 Å². The maximum absolute atomic E-state index is 13.6. The fourth-order valence-electron chi connectivity index (χ4n) is 4.75. The number of carbonyl (C=O) groups is 1. The maximum atomic E-state index is 13.6. The Balaban J connectivity index is 1.68. The van der Waals surface area contributed by atoms with Crippen LogP contribution >= 0.6 is 0 Å². The van der Waals surface area contributed by atoms with Gasteiger partial charge in [-0.1, -0.05) is 30.3 Å². The largest absolute Gasteiger partial charge is 0.485 e. The Labute approximate surface area is 172 Å². The van der Waals surface area contributed by atoms with Crippen molar-refractivity contribution >= 4 is 5.91 Å². The molecule has 1 aromatic carbocycles. The predicted molar refractivity (Wildman–Crippen MR) is 111 cm³/mol. The molecule has 2 aromatic rings. The Morgan fingerprint density at radius 2 is 2.00 bits per heavy atom. The SMILES string of the molecule is CCc1noc(C)c1C(=O)N1Cc2ccccc2OC2(CCC(N(C)C)CC2)C1. The van der Waals surface area contributed by atoms with Crippen LogP contribution in [0.5, 0.6) is 5.75 Å². The minimum absolute atomic E-state index is 0.00462. The quantitative estimate of drug-likeness (QED) is 0.788. The molecule has 156 valence electrons. The zero-order valence-electron chi connectivity index (χ0n) is 17.9. The summed E-state index contributed by atoms with van der Waals surface area (Å²) in [6.07, 6.45) is 4.71. The maximum Gasteiger partial charge on any atom is 0.259 e. The highest BCUT2D eigenvalue weighted by Crippen LogP contribution is 2.39. The number of hydrogen-bond acceptors (Lipinski definition) is 5. The Morgan fingerprint density at radius 3 is 2.69 bits per heavy atom. The van der Waals surface area contributed by atoms with E-state index in [-0.39, 0.29) is 11.5 Å². The van der Waals surface area contributed by atoms with Gasteiger partial charge in [-0.3, -0.25) is 4.79 Å². The number of hydrogen-bond donors (Lipinski definition) is 0. The van der Waals surface area contributed by atoms with E-state index in [1.807, 2.05) is 36.9 Å². The Hall–Kier alpha value is -2.34. The highest BCUT2D eigenvalue weighted by Gasteiger charge is 2.43. The molecule has 6 nitrogen and oxygen atoms in total. The molecule has 6 heteroatoms. The van der Waals surface area contributed by atoms with Gasteiger partial charge in [0.2, 0.25) is 0 Å². The topological polar surface area (TPSA) is 58.8 Å². The lowest BCUT2D eigenvalue weighted by molar-refractivity contribution is -0.00934. The molecule has 1 aromatic heterocycles. The molecule has 1 amide bonds. The second kappa shape index (κ2) is 7.82. The van der Waals surface area contributed by atoms with Gasteiger partial charge in [0.15, 0.2) is 0 Å². The number of aryl methyl sites for hydroxylation is 2. The van der Waals surface area contributed by atoms with E-state index in [1.165, 1.54) is 0 Å². The van der Waals surface area contributed by atoms with Crippen LogP contribution < -0.4 is 4.74 Å². The monoisotopic (exact) mass is 397 g/mol. The predicted octanol–water partition coefficient (Wildman–Crippen LogP) is 3.82. The molecule has 1 spiro atoms. The lowest BCUT2D eigenvalue weighted by Crippen LogP contribution is -2.51. The van der Waals surface area contributed by atoms with Gasteiger partial charge in [0.05, 0.1) is 12.2 Å². The summed E-state index contributed by atoms with van der Waals surface area (Å²) in [6.45, 7) is 4.95. The molecule has 1 aliphatic carbocycles. The number of benzene rings is 1. The van der Waals surface area contributed by atoms with Gasteiger partial charge in [0.1, 0.15) is 22.7 Å². The van der Waals surface area contributed by atoms with Gasteiger partial charge in [-0.2, -0.15) is 0 Å². The summed E-state index contributed by atoms with van der Waals surface area (Å²) in [6, 6.07) is 8.67. The number of ether oxygens (including phenoxy) is 1. The smallest absolute Gasteiger partial charge is 0.259 e. The molecule has 0 N–H and O–H groups in total. The molecule has 0 saturated heterocycles. The van der Waals surface area contributed by atoms with Gasteiger partial charge in [0.25, 0.3) is 5.91 Å². The number of fused-ring (bicyclic) bond motifs is 1. The number of carbonyl (C=O) groups excluding carboxylic acids is 1. The van der Waals surface area contributed by atoms with Gasteiger partial charge >= 0.3 is 0 Å². The van der Waals surface area contributed by atoms with Gasteiger partial charge < -0.3 is 19.1 Å². The Morgan fingerprint density at radius 1 is 1.28 bits per heavy atom. The molecule has 2 aliphatic rings. The molecule has 0 unspecified atom stereocenters. The lowest BCUT2D eigenvalue weighted by Gasteiger charge is -2.43. The molecule has 29 heavy (non-hydrogen) atoms.